The van der Waals surface area contributed by atoms with Crippen molar-refractivity contribution in [3.8, 4) is 0 Å². The zero-order valence-electron chi connectivity index (χ0n) is 9.59. The third kappa shape index (κ3) is 2.15. The lowest BCUT2D eigenvalue weighted by atomic mass is 10.2. The Balaban J connectivity index is 2.37. The van der Waals surface area contributed by atoms with E-state index >= 15 is 0 Å². The predicted molar refractivity (Wildman–Crippen MR) is 61.9 cm³/mol. The Morgan fingerprint density at radius 3 is 2.44 bits per heavy atom. The van der Waals surface area contributed by atoms with Gasteiger partial charge in [-0.2, -0.15) is 0 Å². The maximum absolute atomic E-state index is 12.8. The van der Waals surface area contributed by atoms with Crippen LogP contribution in [0.4, 0.5) is 4.39 Å². The van der Waals surface area contributed by atoms with Gasteiger partial charge in [0, 0.05) is 11.8 Å². The van der Waals surface area contributed by atoms with Crippen molar-refractivity contribution < 1.29 is 18.7 Å². The lowest BCUT2D eigenvalue weighted by molar-refractivity contribution is 0.0583. The van der Waals surface area contributed by atoms with E-state index in [0.29, 0.717) is 0 Å². The maximum Gasteiger partial charge on any atom is 0.355 e. The number of hydrogen-bond acceptors (Lipinski definition) is 3. The number of esters is 1. The van der Waals surface area contributed by atoms with Gasteiger partial charge in [-0.3, -0.25) is 9.36 Å². The highest BCUT2D eigenvalue weighted by molar-refractivity contribution is 6.01. The van der Waals surface area contributed by atoms with Crippen LogP contribution in [-0.4, -0.2) is 23.6 Å². The fraction of sp³-hybridized carbons (Fsp3) is 0.0769. The number of halogens is 1. The molecule has 0 spiro atoms. The third-order valence-electron chi connectivity index (χ3n) is 2.45. The molecule has 18 heavy (non-hydrogen) atoms. The third-order valence-corrected chi connectivity index (χ3v) is 2.45. The van der Waals surface area contributed by atoms with Crippen LogP contribution in [0.3, 0.4) is 0 Å². The molecule has 0 aliphatic carbocycles. The first-order valence-corrected chi connectivity index (χ1v) is 5.19. The average molecular weight is 247 g/mol. The minimum absolute atomic E-state index is 0.131. The molecular formula is C13H10FNO3. The van der Waals surface area contributed by atoms with E-state index in [1.807, 2.05) is 0 Å². The molecule has 2 rings (SSSR count). The normalized spacial score (nSPS) is 10.1. The fourth-order valence-corrected chi connectivity index (χ4v) is 1.56. The van der Waals surface area contributed by atoms with Gasteiger partial charge in [-0.1, -0.05) is 0 Å². The standard InChI is InChI=1S/C13H10FNO3/c1-18-13(17)11-3-2-8-15(11)12(16)9-4-6-10(14)7-5-9/h2-8H,1H3. The van der Waals surface area contributed by atoms with Crippen LogP contribution in [0.2, 0.25) is 0 Å². The fourth-order valence-electron chi connectivity index (χ4n) is 1.56. The van der Waals surface area contributed by atoms with Crippen LogP contribution in [0.25, 0.3) is 0 Å². The van der Waals surface area contributed by atoms with Crippen LogP contribution in [0.1, 0.15) is 20.8 Å². The second-order valence-electron chi connectivity index (χ2n) is 3.57. The van der Waals surface area contributed by atoms with Crippen LogP contribution in [0.5, 0.6) is 0 Å². The molecule has 5 heteroatoms. The Morgan fingerprint density at radius 1 is 1.17 bits per heavy atom. The summed E-state index contributed by atoms with van der Waals surface area (Å²) in [5, 5.41) is 0. The Labute approximate surface area is 103 Å². The number of carbonyl (C=O) groups excluding carboxylic acids is 2. The number of ether oxygens (including phenoxy) is 1. The summed E-state index contributed by atoms with van der Waals surface area (Å²) >= 11 is 0. The summed E-state index contributed by atoms with van der Waals surface area (Å²) < 4.78 is 18.5. The topological polar surface area (TPSA) is 48.3 Å². The van der Waals surface area contributed by atoms with E-state index in [0.717, 1.165) is 0 Å². The zero-order chi connectivity index (χ0) is 13.1. The van der Waals surface area contributed by atoms with E-state index in [9.17, 15) is 14.0 Å². The van der Waals surface area contributed by atoms with Crippen molar-refractivity contribution in [3.63, 3.8) is 0 Å². The van der Waals surface area contributed by atoms with Gasteiger partial charge in [0.15, 0.2) is 0 Å². The number of benzene rings is 1. The number of hydrogen-bond donors (Lipinski definition) is 0. The zero-order valence-corrected chi connectivity index (χ0v) is 9.59. The summed E-state index contributed by atoms with van der Waals surface area (Å²) in [5.41, 5.74) is 0.421. The molecule has 0 fully saturated rings. The first-order chi connectivity index (χ1) is 8.63. The number of nitrogens with zero attached hydrogens (tertiary/aromatic N) is 1. The predicted octanol–water partition coefficient (Wildman–Crippen LogP) is 2.10. The SMILES string of the molecule is COC(=O)c1cccn1C(=O)c1ccc(F)cc1. The minimum atomic E-state index is -0.601. The van der Waals surface area contributed by atoms with E-state index in [1.54, 1.807) is 6.07 Å². The lowest BCUT2D eigenvalue weighted by Gasteiger charge is -2.06. The first kappa shape index (κ1) is 12.0. The number of carbonyl (C=O) groups is 2. The molecule has 0 amide bonds. The van der Waals surface area contributed by atoms with Crippen LogP contribution in [-0.2, 0) is 4.74 Å². The summed E-state index contributed by atoms with van der Waals surface area (Å²) in [6.07, 6.45) is 1.46. The highest BCUT2D eigenvalue weighted by Crippen LogP contribution is 2.10. The number of methoxy groups -OCH3 is 1. The van der Waals surface area contributed by atoms with Crippen molar-refractivity contribution >= 4 is 11.9 Å². The Morgan fingerprint density at radius 2 is 1.83 bits per heavy atom. The molecule has 2 aromatic rings. The second kappa shape index (κ2) is 4.83. The average Bonchev–Trinajstić information content (AvgIpc) is 2.87. The summed E-state index contributed by atoms with van der Waals surface area (Å²) in [5.74, 6) is -1.44. The second-order valence-corrected chi connectivity index (χ2v) is 3.57. The molecule has 0 radical (unpaired) electrons. The highest BCUT2D eigenvalue weighted by Gasteiger charge is 2.17. The van der Waals surface area contributed by atoms with Crippen molar-refractivity contribution in [2.24, 2.45) is 0 Å². The summed E-state index contributed by atoms with van der Waals surface area (Å²) in [4.78, 5) is 23.5. The number of aromatic nitrogens is 1. The van der Waals surface area contributed by atoms with E-state index in [-0.39, 0.29) is 11.3 Å². The van der Waals surface area contributed by atoms with Gasteiger partial charge in [-0.25, -0.2) is 9.18 Å². The molecule has 0 aliphatic rings. The van der Waals surface area contributed by atoms with Gasteiger partial charge >= 0.3 is 5.97 Å². The quantitative estimate of drug-likeness (QED) is 0.763. The molecule has 0 saturated carbocycles. The van der Waals surface area contributed by atoms with Crippen molar-refractivity contribution in [2.45, 2.75) is 0 Å². The van der Waals surface area contributed by atoms with E-state index in [1.165, 1.54) is 48.2 Å². The summed E-state index contributed by atoms with van der Waals surface area (Å²) in [7, 11) is 1.24. The van der Waals surface area contributed by atoms with Crippen LogP contribution < -0.4 is 0 Å². The monoisotopic (exact) mass is 247 g/mol. The Bertz CT molecular complexity index is 587. The smallest absolute Gasteiger partial charge is 0.355 e. The molecular weight excluding hydrogens is 237 g/mol. The molecule has 92 valence electrons. The van der Waals surface area contributed by atoms with Crippen LogP contribution in [0.15, 0.2) is 42.6 Å². The first-order valence-electron chi connectivity index (χ1n) is 5.19. The molecule has 0 atom stereocenters. The van der Waals surface area contributed by atoms with Gasteiger partial charge in [0.05, 0.1) is 7.11 Å². The van der Waals surface area contributed by atoms with E-state index < -0.39 is 17.7 Å². The van der Waals surface area contributed by atoms with Gasteiger partial charge in [-0.15, -0.1) is 0 Å². The van der Waals surface area contributed by atoms with Crippen LogP contribution >= 0.6 is 0 Å². The van der Waals surface area contributed by atoms with Gasteiger partial charge < -0.3 is 4.74 Å². The Hall–Kier alpha value is -2.43. The molecule has 0 aliphatic heterocycles. The molecule has 4 nitrogen and oxygen atoms in total. The van der Waals surface area contributed by atoms with Crippen molar-refractivity contribution in [1.29, 1.82) is 0 Å². The molecule has 1 heterocycles. The Kier molecular flexibility index (Phi) is 3.23. The summed E-state index contributed by atoms with van der Waals surface area (Å²) in [6, 6.07) is 8.14. The molecule has 1 aromatic heterocycles. The van der Waals surface area contributed by atoms with Gasteiger partial charge in [0.25, 0.3) is 5.91 Å². The molecule has 0 saturated heterocycles. The van der Waals surface area contributed by atoms with Crippen molar-refractivity contribution in [3.05, 3.63) is 59.7 Å². The summed E-state index contributed by atoms with van der Waals surface area (Å²) in [6.45, 7) is 0. The minimum Gasteiger partial charge on any atom is -0.464 e. The number of rotatable bonds is 2. The molecule has 0 bridgehead atoms. The lowest BCUT2D eigenvalue weighted by Crippen LogP contribution is -2.17. The highest BCUT2D eigenvalue weighted by atomic mass is 19.1. The van der Waals surface area contributed by atoms with Gasteiger partial charge in [0.2, 0.25) is 0 Å². The molecule has 1 aromatic carbocycles. The van der Waals surface area contributed by atoms with Gasteiger partial charge in [-0.05, 0) is 36.4 Å². The molecule has 0 N–H and O–H groups in total. The van der Waals surface area contributed by atoms with Crippen LogP contribution in [0, 0.1) is 5.82 Å². The van der Waals surface area contributed by atoms with E-state index in [2.05, 4.69) is 4.74 Å². The van der Waals surface area contributed by atoms with Crippen molar-refractivity contribution in [2.75, 3.05) is 7.11 Å². The van der Waals surface area contributed by atoms with Gasteiger partial charge in [0.1, 0.15) is 11.5 Å². The maximum atomic E-state index is 12.8. The van der Waals surface area contributed by atoms with E-state index in [4.69, 9.17) is 0 Å². The molecule has 0 unspecified atom stereocenters. The van der Waals surface area contributed by atoms with Crippen molar-refractivity contribution in [1.82, 2.24) is 4.57 Å². The largest absolute Gasteiger partial charge is 0.464 e.